The SMILES string of the molecule is CC(C)OC(c1ccc2c(c1)OCO2)C(C)Br. The third-order valence-electron chi connectivity index (χ3n) is 2.56. The van der Waals surface area contributed by atoms with Crippen LogP contribution in [0.15, 0.2) is 18.2 Å². The Kier molecular flexibility index (Phi) is 3.94. The average molecular weight is 301 g/mol. The molecule has 1 aromatic carbocycles. The van der Waals surface area contributed by atoms with Crippen LogP contribution in [0.1, 0.15) is 32.4 Å². The fourth-order valence-electron chi connectivity index (χ4n) is 1.84. The minimum atomic E-state index is 0.0181. The van der Waals surface area contributed by atoms with Crippen molar-refractivity contribution in [3.8, 4) is 11.5 Å². The van der Waals surface area contributed by atoms with Crippen LogP contribution >= 0.6 is 15.9 Å². The number of hydrogen-bond donors (Lipinski definition) is 0. The standard InChI is InChI=1S/C13H17BrO3/c1-8(2)17-13(9(3)14)10-4-5-11-12(6-10)16-7-15-11/h4-6,8-9,13H,7H2,1-3H3. The van der Waals surface area contributed by atoms with Gasteiger partial charge in [0.1, 0.15) is 0 Å². The molecule has 2 atom stereocenters. The fourth-order valence-corrected chi connectivity index (χ4v) is 2.27. The first-order chi connectivity index (χ1) is 8.08. The number of rotatable bonds is 4. The van der Waals surface area contributed by atoms with E-state index in [0.717, 1.165) is 17.1 Å². The lowest BCUT2D eigenvalue weighted by Gasteiger charge is -2.23. The van der Waals surface area contributed by atoms with Gasteiger partial charge in [0.15, 0.2) is 11.5 Å². The molecule has 3 nitrogen and oxygen atoms in total. The molecule has 0 spiro atoms. The molecule has 1 aliphatic heterocycles. The quantitative estimate of drug-likeness (QED) is 0.794. The summed E-state index contributed by atoms with van der Waals surface area (Å²) in [6.07, 6.45) is 0.204. The summed E-state index contributed by atoms with van der Waals surface area (Å²) in [4.78, 5) is 0.241. The number of fused-ring (bicyclic) bond motifs is 1. The van der Waals surface area contributed by atoms with Crippen LogP contribution in [0.3, 0.4) is 0 Å². The summed E-state index contributed by atoms with van der Waals surface area (Å²) in [5, 5.41) is 0. The number of halogens is 1. The Labute approximate surface area is 110 Å². The molecular weight excluding hydrogens is 284 g/mol. The summed E-state index contributed by atoms with van der Waals surface area (Å²) in [6.45, 7) is 6.46. The van der Waals surface area contributed by atoms with E-state index in [1.165, 1.54) is 0 Å². The van der Waals surface area contributed by atoms with Crippen LogP contribution in [0.4, 0.5) is 0 Å². The molecule has 0 amide bonds. The third-order valence-corrected chi connectivity index (χ3v) is 3.04. The molecule has 0 N–H and O–H groups in total. The van der Waals surface area contributed by atoms with Gasteiger partial charge in [0.05, 0.1) is 12.2 Å². The maximum absolute atomic E-state index is 5.91. The van der Waals surface area contributed by atoms with Gasteiger partial charge in [-0.1, -0.05) is 22.0 Å². The summed E-state index contributed by atoms with van der Waals surface area (Å²) in [5.74, 6) is 1.60. The molecule has 0 radical (unpaired) electrons. The molecule has 4 heteroatoms. The molecule has 2 rings (SSSR count). The van der Waals surface area contributed by atoms with Crippen molar-refractivity contribution < 1.29 is 14.2 Å². The highest BCUT2D eigenvalue weighted by Gasteiger charge is 2.22. The summed E-state index contributed by atoms with van der Waals surface area (Å²) < 4.78 is 16.6. The molecule has 94 valence electrons. The second-order valence-electron chi connectivity index (χ2n) is 4.40. The highest BCUT2D eigenvalue weighted by molar-refractivity contribution is 9.09. The summed E-state index contributed by atoms with van der Waals surface area (Å²) in [7, 11) is 0. The van der Waals surface area contributed by atoms with Crippen molar-refractivity contribution in [3.05, 3.63) is 23.8 Å². The number of ether oxygens (including phenoxy) is 3. The largest absolute Gasteiger partial charge is 0.454 e. The topological polar surface area (TPSA) is 27.7 Å². The Bertz CT molecular complexity index is 390. The molecule has 2 unspecified atom stereocenters. The van der Waals surface area contributed by atoms with Crippen LogP contribution in [0.2, 0.25) is 0 Å². The van der Waals surface area contributed by atoms with E-state index in [9.17, 15) is 0 Å². The van der Waals surface area contributed by atoms with E-state index >= 15 is 0 Å². The predicted molar refractivity (Wildman–Crippen MR) is 69.9 cm³/mol. The van der Waals surface area contributed by atoms with Gasteiger partial charge >= 0.3 is 0 Å². The maximum atomic E-state index is 5.91. The Morgan fingerprint density at radius 1 is 1.18 bits per heavy atom. The number of alkyl halides is 1. The van der Waals surface area contributed by atoms with Crippen LogP contribution in [-0.4, -0.2) is 17.7 Å². The Morgan fingerprint density at radius 3 is 2.53 bits per heavy atom. The highest BCUT2D eigenvalue weighted by atomic mass is 79.9. The molecule has 0 fully saturated rings. The van der Waals surface area contributed by atoms with Gasteiger partial charge in [-0.25, -0.2) is 0 Å². The molecule has 0 bridgehead atoms. The predicted octanol–water partition coefficient (Wildman–Crippen LogP) is 3.66. The van der Waals surface area contributed by atoms with Crippen molar-refractivity contribution >= 4 is 15.9 Å². The number of hydrogen-bond acceptors (Lipinski definition) is 3. The van der Waals surface area contributed by atoms with Crippen molar-refractivity contribution in [1.29, 1.82) is 0 Å². The van der Waals surface area contributed by atoms with Crippen molar-refractivity contribution in [3.63, 3.8) is 0 Å². The smallest absolute Gasteiger partial charge is 0.231 e. The molecule has 0 saturated heterocycles. The first-order valence-corrected chi connectivity index (χ1v) is 6.68. The molecule has 1 aliphatic rings. The molecule has 0 aliphatic carbocycles. The summed E-state index contributed by atoms with van der Waals surface area (Å²) >= 11 is 3.59. The number of benzene rings is 1. The molecule has 1 heterocycles. The molecule has 0 aromatic heterocycles. The van der Waals surface area contributed by atoms with E-state index in [4.69, 9.17) is 14.2 Å². The minimum absolute atomic E-state index is 0.0181. The van der Waals surface area contributed by atoms with E-state index in [1.54, 1.807) is 0 Å². The van der Waals surface area contributed by atoms with Gasteiger partial charge in [-0.05, 0) is 38.5 Å². The van der Waals surface area contributed by atoms with Gasteiger partial charge in [-0.2, -0.15) is 0 Å². The van der Waals surface area contributed by atoms with E-state index in [1.807, 2.05) is 32.0 Å². The van der Waals surface area contributed by atoms with Crippen LogP contribution in [0.5, 0.6) is 11.5 Å². The maximum Gasteiger partial charge on any atom is 0.231 e. The molecule has 17 heavy (non-hydrogen) atoms. The highest BCUT2D eigenvalue weighted by Crippen LogP contribution is 2.37. The molecule has 1 aromatic rings. The van der Waals surface area contributed by atoms with Crippen LogP contribution in [0, 0.1) is 0 Å². The lowest BCUT2D eigenvalue weighted by atomic mass is 10.1. The monoisotopic (exact) mass is 300 g/mol. The van der Waals surface area contributed by atoms with Gasteiger partial charge in [0.25, 0.3) is 0 Å². The zero-order valence-electron chi connectivity index (χ0n) is 10.3. The zero-order valence-corrected chi connectivity index (χ0v) is 11.9. The normalized spacial score (nSPS) is 17.2. The minimum Gasteiger partial charge on any atom is -0.454 e. The van der Waals surface area contributed by atoms with Crippen LogP contribution < -0.4 is 9.47 Å². The van der Waals surface area contributed by atoms with Crippen molar-refractivity contribution in [2.24, 2.45) is 0 Å². The summed E-state index contributed by atoms with van der Waals surface area (Å²) in [6, 6.07) is 5.95. The second-order valence-corrected chi connectivity index (χ2v) is 5.84. The van der Waals surface area contributed by atoms with Gasteiger partial charge in [-0.15, -0.1) is 0 Å². The third kappa shape index (κ3) is 2.93. The Hall–Kier alpha value is -0.740. The average Bonchev–Trinajstić information content (AvgIpc) is 2.72. The van der Waals surface area contributed by atoms with Crippen molar-refractivity contribution in [1.82, 2.24) is 0 Å². The van der Waals surface area contributed by atoms with E-state index < -0.39 is 0 Å². The molecular formula is C13H17BrO3. The van der Waals surface area contributed by atoms with Crippen LogP contribution in [0.25, 0.3) is 0 Å². The fraction of sp³-hybridized carbons (Fsp3) is 0.538. The Balaban J connectivity index is 2.24. The van der Waals surface area contributed by atoms with Gasteiger partial charge in [0.2, 0.25) is 6.79 Å². The van der Waals surface area contributed by atoms with E-state index in [-0.39, 0.29) is 17.0 Å². The molecule has 0 saturated carbocycles. The zero-order chi connectivity index (χ0) is 12.4. The Morgan fingerprint density at radius 2 is 1.88 bits per heavy atom. The van der Waals surface area contributed by atoms with Gasteiger partial charge < -0.3 is 14.2 Å². The van der Waals surface area contributed by atoms with Gasteiger partial charge in [-0.3, -0.25) is 0 Å². The lowest BCUT2D eigenvalue weighted by molar-refractivity contribution is 0.00875. The van der Waals surface area contributed by atoms with E-state index in [0.29, 0.717) is 6.79 Å². The van der Waals surface area contributed by atoms with Gasteiger partial charge in [0, 0.05) is 4.83 Å². The first-order valence-electron chi connectivity index (χ1n) is 5.77. The van der Waals surface area contributed by atoms with Crippen LogP contribution in [-0.2, 0) is 4.74 Å². The van der Waals surface area contributed by atoms with Crippen molar-refractivity contribution in [2.45, 2.75) is 37.8 Å². The van der Waals surface area contributed by atoms with E-state index in [2.05, 4.69) is 22.9 Å². The van der Waals surface area contributed by atoms with Crippen molar-refractivity contribution in [2.75, 3.05) is 6.79 Å². The lowest BCUT2D eigenvalue weighted by Crippen LogP contribution is -2.17. The second kappa shape index (κ2) is 5.27. The first kappa shape index (κ1) is 12.7. The summed E-state index contributed by atoms with van der Waals surface area (Å²) in [5.41, 5.74) is 1.10.